The topological polar surface area (TPSA) is 37.8 Å². The van der Waals surface area contributed by atoms with Crippen molar-refractivity contribution >= 4 is 28.3 Å². The summed E-state index contributed by atoms with van der Waals surface area (Å²) >= 11 is 7.31. The maximum Gasteiger partial charge on any atom is 0.202 e. The summed E-state index contributed by atoms with van der Waals surface area (Å²) in [5.74, 6) is 2.30. The molecule has 0 aliphatic heterocycles. The molecule has 0 radical (unpaired) electrons. The van der Waals surface area contributed by atoms with Gasteiger partial charge in [0, 0.05) is 29.9 Å². The number of hydrogen-bond acceptors (Lipinski definition) is 4. The van der Waals surface area contributed by atoms with Crippen molar-refractivity contribution in [3.63, 3.8) is 0 Å². The molecule has 1 aromatic rings. The summed E-state index contributed by atoms with van der Waals surface area (Å²) in [6.45, 7) is 5.11. The molecule has 5 heteroatoms. The van der Waals surface area contributed by atoms with Gasteiger partial charge < -0.3 is 5.32 Å². The number of nitrogens with one attached hydrogen (secondary N) is 1. The molecule has 1 aliphatic rings. The largest absolute Gasteiger partial charge is 0.360 e. The molecule has 0 amide bonds. The van der Waals surface area contributed by atoms with Crippen LogP contribution in [0.5, 0.6) is 0 Å². The third-order valence-electron chi connectivity index (χ3n) is 2.46. The highest BCUT2D eigenvalue weighted by Gasteiger charge is 2.28. The van der Waals surface area contributed by atoms with Crippen LogP contribution in [0.15, 0.2) is 0 Å². The molecule has 0 bridgehead atoms. The van der Waals surface area contributed by atoms with Gasteiger partial charge in [-0.3, -0.25) is 0 Å². The number of nitrogens with zero attached hydrogens (tertiary/aromatic N) is 2. The second-order valence-corrected chi connectivity index (χ2v) is 5.90. The molecule has 1 fully saturated rings. The maximum atomic E-state index is 5.85. The second-order valence-electron chi connectivity index (χ2n) is 4.88. The molecular weight excluding hydrogens is 230 g/mol. The van der Waals surface area contributed by atoms with Gasteiger partial charge in [0.2, 0.25) is 5.13 Å². The van der Waals surface area contributed by atoms with E-state index in [1.165, 1.54) is 24.4 Å². The van der Waals surface area contributed by atoms with Crippen LogP contribution in [0.2, 0.25) is 0 Å². The van der Waals surface area contributed by atoms with Gasteiger partial charge in [-0.05, 0) is 18.3 Å². The Kier molecular flexibility index (Phi) is 3.16. The summed E-state index contributed by atoms with van der Waals surface area (Å²) in [4.78, 5) is 4.46. The summed E-state index contributed by atoms with van der Waals surface area (Å²) in [7, 11) is 0. The Balaban J connectivity index is 1.87. The molecule has 1 aliphatic carbocycles. The van der Waals surface area contributed by atoms with E-state index in [2.05, 4.69) is 28.5 Å². The van der Waals surface area contributed by atoms with E-state index in [-0.39, 0.29) is 5.41 Å². The molecular formula is C10H16ClN3S. The molecule has 15 heavy (non-hydrogen) atoms. The summed E-state index contributed by atoms with van der Waals surface area (Å²) in [5.41, 5.74) is 0.104. The lowest BCUT2D eigenvalue weighted by atomic mass is 9.97. The predicted molar refractivity (Wildman–Crippen MR) is 64.9 cm³/mol. The van der Waals surface area contributed by atoms with Crippen LogP contribution in [0, 0.1) is 5.41 Å². The van der Waals surface area contributed by atoms with Crippen LogP contribution >= 0.6 is 23.1 Å². The van der Waals surface area contributed by atoms with E-state index in [4.69, 9.17) is 11.6 Å². The van der Waals surface area contributed by atoms with Crippen LogP contribution in [0.3, 0.4) is 0 Å². The van der Waals surface area contributed by atoms with E-state index in [0.29, 0.717) is 11.8 Å². The molecule has 3 nitrogen and oxygen atoms in total. The van der Waals surface area contributed by atoms with Crippen LogP contribution in [0.1, 0.15) is 38.4 Å². The number of rotatable bonds is 5. The number of aromatic nitrogens is 2. The van der Waals surface area contributed by atoms with Crippen molar-refractivity contribution in [1.29, 1.82) is 0 Å². The molecule has 1 aromatic heterocycles. The van der Waals surface area contributed by atoms with E-state index in [9.17, 15) is 0 Å². The Morgan fingerprint density at radius 2 is 2.27 bits per heavy atom. The fourth-order valence-corrected chi connectivity index (χ4v) is 1.91. The van der Waals surface area contributed by atoms with Gasteiger partial charge in [-0.1, -0.05) is 13.8 Å². The van der Waals surface area contributed by atoms with Crippen molar-refractivity contribution < 1.29 is 0 Å². The first kappa shape index (κ1) is 11.1. The normalized spacial score (nSPS) is 16.7. The van der Waals surface area contributed by atoms with Gasteiger partial charge in [0.1, 0.15) is 5.82 Å². The van der Waals surface area contributed by atoms with Crippen molar-refractivity contribution in [3.8, 4) is 0 Å². The Labute approximate surface area is 99.4 Å². The van der Waals surface area contributed by atoms with Crippen molar-refractivity contribution in [1.82, 2.24) is 9.36 Å². The Morgan fingerprint density at radius 3 is 2.87 bits per heavy atom. The Bertz CT molecular complexity index is 333. The molecule has 0 unspecified atom stereocenters. The first-order valence-electron chi connectivity index (χ1n) is 5.24. The van der Waals surface area contributed by atoms with Crippen molar-refractivity contribution in [2.24, 2.45) is 5.41 Å². The zero-order chi connectivity index (χ0) is 10.9. The van der Waals surface area contributed by atoms with Crippen molar-refractivity contribution in [2.75, 3.05) is 17.7 Å². The fraction of sp³-hybridized carbons (Fsp3) is 0.800. The molecule has 0 atom stereocenters. The molecule has 0 spiro atoms. The van der Waals surface area contributed by atoms with Gasteiger partial charge in [-0.2, -0.15) is 4.37 Å². The van der Waals surface area contributed by atoms with E-state index in [1.54, 1.807) is 0 Å². The highest BCUT2D eigenvalue weighted by molar-refractivity contribution is 7.09. The molecule has 1 saturated carbocycles. The smallest absolute Gasteiger partial charge is 0.202 e. The number of hydrogen-bond donors (Lipinski definition) is 1. The number of halogens is 1. The molecule has 1 heterocycles. The first-order chi connectivity index (χ1) is 7.11. The van der Waals surface area contributed by atoms with Gasteiger partial charge >= 0.3 is 0 Å². The van der Waals surface area contributed by atoms with Crippen LogP contribution in [-0.2, 0) is 0 Å². The summed E-state index contributed by atoms with van der Waals surface area (Å²) in [6.07, 6.45) is 2.51. The van der Waals surface area contributed by atoms with Crippen molar-refractivity contribution in [2.45, 2.75) is 32.6 Å². The first-order valence-corrected chi connectivity index (χ1v) is 6.55. The predicted octanol–water partition coefficient (Wildman–Crippen LogP) is 3.09. The lowest BCUT2D eigenvalue weighted by Crippen LogP contribution is -2.24. The minimum absolute atomic E-state index is 0.104. The average Bonchev–Trinajstić information content (AvgIpc) is 2.96. The highest BCUT2D eigenvalue weighted by Crippen LogP contribution is 2.39. The lowest BCUT2D eigenvalue weighted by molar-refractivity contribution is 0.450. The SMILES string of the molecule is CC(C)(CCl)CNc1nc(C2CC2)ns1. The maximum absolute atomic E-state index is 5.85. The molecule has 2 rings (SSSR count). The number of anilines is 1. The second kappa shape index (κ2) is 4.26. The van der Waals surface area contributed by atoms with Crippen LogP contribution in [0.25, 0.3) is 0 Å². The minimum atomic E-state index is 0.104. The third kappa shape index (κ3) is 3.05. The fourth-order valence-electron chi connectivity index (χ4n) is 1.18. The molecule has 84 valence electrons. The van der Waals surface area contributed by atoms with Crippen molar-refractivity contribution in [3.05, 3.63) is 5.82 Å². The van der Waals surface area contributed by atoms with Gasteiger partial charge in [0.15, 0.2) is 0 Å². The zero-order valence-corrected chi connectivity index (χ0v) is 10.7. The van der Waals surface area contributed by atoms with E-state index >= 15 is 0 Å². The molecule has 1 N–H and O–H groups in total. The Hall–Kier alpha value is -0.350. The highest BCUT2D eigenvalue weighted by atomic mass is 35.5. The molecule has 0 aromatic carbocycles. The summed E-state index contributed by atoms with van der Waals surface area (Å²) in [6, 6.07) is 0. The zero-order valence-electron chi connectivity index (χ0n) is 9.09. The van der Waals surface area contributed by atoms with Crippen LogP contribution < -0.4 is 5.32 Å². The monoisotopic (exact) mass is 245 g/mol. The van der Waals surface area contributed by atoms with E-state index in [1.807, 2.05) is 0 Å². The van der Waals surface area contributed by atoms with Crippen LogP contribution in [0.4, 0.5) is 5.13 Å². The lowest BCUT2D eigenvalue weighted by Gasteiger charge is -2.20. The Morgan fingerprint density at radius 1 is 1.53 bits per heavy atom. The van der Waals surface area contributed by atoms with Gasteiger partial charge in [-0.25, -0.2) is 4.98 Å². The minimum Gasteiger partial charge on any atom is -0.360 e. The van der Waals surface area contributed by atoms with Crippen LogP contribution in [-0.4, -0.2) is 21.8 Å². The number of alkyl halides is 1. The van der Waals surface area contributed by atoms with Gasteiger partial charge in [0.05, 0.1) is 0 Å². The van der Waals surface area contributed by atoms with Gasteiger partial charge in [-0.15, -0.1) is 11.6 Å². The van der Waals surface area contributed by atoms with Gasteiger partial charge in [0.25, 0.3) is 0 Å². The molecule has 0 saturated heterocycles. The summed E-state index contributed by atoms with van der Waals surface area (Å²) < 4.78 is 4.34. The summed E-state index contributed by atoms with van der Waals surface area (Å²) in [5, 5.41) is 4.23. The van der Waals surface area contributed by atoms with E-state index in [0.717, 1.165) is 17.5 Å². The standard InChI is InChI=1S/C10H16ClN3S/c1-10(2,5-11)6-12-9-13-8(14-15-9)7-3-4-7/h7H,3-6H2,1-2H3,(H,12,13,14). The van der Waals surface area contributed by atoms with E-state index < -0.39 is 0 Å². The average molecular weight is 246 g/mol. The third-order valence-corrected chi connectivity index (χ3v) is 3.87. The quantitative estimate of drug-likeness (QED) is 0.811.